The Morgan fingerprint density at radius 3 is 2.58 bits per heavy atom. The largest absolute Gasteiger partial charge is 0.494 e. The van der Waals surface area contributed by atoms with Crippen molar-refractivity contribution in [3.8, 4) is 17.0 Å². The fourth-order valence-electron chi connectivity index (χ4n) is 3.00. The maximum absolute atomic E-state index is 12.5. The SMILES string of the molecule is CCOc1ccc(-c2ccc(=O)n(C(C)C(=O)NCCCn3ncccc3=O)n2)cc1. The molecular weight excluding hydrogens is 398 g/mol. The summed E-state index contributed by atoms with van der Waals surface area (Å²) in [6, 6.07) is 12.6. The van der Waals surface area contributed by atoms with E-state index in [0.29, 0.717) is 31.8 Å². The second kappa shape index (κ2) is 10.3. The zero-order valence-electron chi connectivity index (χ0n) is 17.5. The number of nitrogens with zero attached hydrogens (tertiary/aromatic N) is 4. The van der Waals surface area contributed by atoms with E-state index in [2.05, 4.69) is 15.5 Å². The molecule has 3 rings (SSSR count). The molecule has 0 spiro atoms. The van der Waals surface area contributed by atoms with Crippen LogP contribution in [0.5, 0.6) is 5.75 Å². The molecule has 0 aliphatic heterocycles. The Balaban J connectivity index is 1.63. The molecular formula is C22H25N5O4. The lowest BCUT2D eigenvalue weighted by atomic mass is 10.1. The summed E-state index contributed by atoms with van der Waals surface area (Å²) in [4.78, 5) is 36.5. The van der Waals surface area contributed by atoms with Gasteiger partial charge in [0.1, 0.15) is 11.8 Å². The van der Waals surface area contributed by atoms with E-state index in [-0.39, 0.29) is 17.0 Å². The number of aryl methyl sites for hydroxylation is 1. The van der Waals surface area contributed by atoms with Crippen LogP contribution in [0.25, 0.3) is 11.3 Å². The van der Waals surface area contributed by atoms with E-state index in [1.807, 2.05) is 31.2 Å². The minimum absolute atomic E-state index is 0.191. The predicted octanol–water partition coefficient (Wildman–Crippen LogP) is 1.63. The summed E-state index contributed by atoms with van der Waals surface area (Å²) in [6.45, 7) is 4.85. The molecule has 31 heavy (non-hydrogen) atoms. The van der Waals surface area contributed by atoms with Gasteiger partial charge in [-0.3, -0.25) is 14.4 Å². The fourth-order valence-corrected chi connectivity index (χ4v) is 3.00. The highest BCUT2D eigenvalue weighted by atomic mass is 16.5. The maximum atomic E-state index is 12.5. The maximum Gasteiger partial charge on any atom is 0.267 e. The first-order chi connectivity index (χ1) is 15.0. The van der Waals surface area contributed by atoms with Crippen LogP contribution in [0.2, 0.25) is 0 Å². The molecule has 2 aromatic heterocycles. The number of ether oxygens (including phenoxy) is 1. The summed E-state index contributed by atoms with van der Waals surface area (Å²) in [6.07, 6.45) is 2.07. The third-order valence-electron chi connectivity index (χ3n) is 4.66. The van der Waals surface area contributed by atoms with Crippen molar-refractivity contribution in [3.05, 3.63) is 75.4 Å². The Hall–Kier alpha value is -3.75. The van der Waals surface area contributed by atoms with Crippen molar-refractivity contribution >= 4 is 5.91 Å². The van der Waals surface area contributed by atoms with Crippen molar-refractivity contribution < 1.29 is 9.53 Å². The smallest absolute Gasteiger partial charge is 0.267 e. The molecule has 0 saturated heterocycles. The van der Waals surface area contributed by atoms with Crippen LogP contribution in [0.15, 0.2) is 64.3 Å². The third kappa shape index (κ3) is 5.65. The summed E-state index contributed by atoms with van der Waals surface area (Å²) in [5, 5.41) is 11.1. The average molecular weight is 423 g/mol. The van der Waals surface area contributed by atoms with Crippen molar-refractivity contribution in [2.75, 3.05) is 13.2 Å². The highest BCUT2D eigenvalue weighted by Gasteiger charge is 2.17. The average Bonchev–Trinajstić information content (AvgIpc) is 2.78. The summed E-state index contributed by atoms with van der Waals surface area (Å²) >= 11 is 0. The Labute approximate surface area is 179 Å². The third-order valence-corrected chi connectivity index (χ3v) is 4.66. The van der Waals surface area contributed by atoms with Gasteiger partial charge in [-0.05, 0) is 56.7 Å². The number of nitrogens with one attached hydrogen (secondary N) is 1. The zero-order chi connectivity index (χ0) is 22.2. The van der Waals surface area contributed by atoms with E-state index < -0.39 is 6.04 Å². The Kier molecular flexibility index (Phi) is 7.31. The lowest BCUT2D eigenvalue weighted by Crippen LogP contribution is -2.37. The topological polar surface area (TPSA) is 108 Å². The number of carbonyl (C=O) groups excluding carboxylic acids is 1. The minimum Gasteiger partial charge on any atom is -0.494 e. The van der Waals surface area contributed by atoms with Gasteiger partial charge in [0.05, 0.1) is 12.3 Å². The summed E-state index contributed by atoms with van der Waals surface area (Å²) < 4.78 is 7.95. The lowest BCUT2D eigenvalue weighted by molar-refractivity contribution is -0.124. The van der Waals surface area contributed by atoms with Gasteiger partial charge in [-0.25, -0.2) is 9.36 Å². The van der Waals surface area contributed by atoms with Crippen LogP contribution in [0.3, 0.4) is 0 Å². The van der Waals surface area contributed by atoms with Gasteiger partial charge in [-0.15, -0.1) is 0 Å². The molecule has 1 atom stereocenters. The van der Waals surface area contributed by atoms with Crippen LogP contribution < -0.4 is 21.2 Å². The summed E-state index contributed by atoms with van der Waals surface area (Å²) in [7, 11) is 0. The minimum atomic E-state index is -0.785. The highest BCUT2D eigenvalue weighted by Crippen LogP contribution is 2.20. The Morgan fingerprint density at radius 2 is 1.87 bits per heavy atom. The molecule has 9 nitrogen and oxygen atoms in total. The summed E-state index contributed by atoms with van der Waals surface area (Å²) in [5.41, 5.74) is 0.837. The molecule has 0 aliphatic carbocycles. The van der Waals surface area contributed by atoms with Crippen LogP contribution in [0.4, 0.5) is 0 Å². The van der Waals surface area contributed by atoms with Gasteiger partial charge in [0, 0.05) is 37.0 Å². The monoisotopic (exact) mass is 423 g/mol. The number of carbonyl (C=O) groups is 1. The van der Waals surface area contributed by atoms with Gasteiger partial charge >= 0.3 is 0 Å². The van der Waals surface area contributed by atoms with Crippen molar-refractivity contribution in [2.45, 2.75) is 32.9 Å². The first-order valence-electron chi connectivity index (χ1n) is 10.1. The second-order valence-electron chi connectivity index (χ2n) is 6.86. The van der Waals surface area contributed by atoms with Crippen LogP contribution in [0, 0.1) is 0 Å². The standard InChI is InChI=1S/C22H25N5O4/c1-3-31-18-9-7-17(8-10-18)19-11-12-21(29)27(25-19)16(2)22(30)23-13-5-15-26-20(28)6-4-14-24-26/h4,6-12,14,16H,3,5,13,15H2,1-2H3,(H,23,30). The second-order valence-corrected chi connectivity index (χ2v) is 6.86. The van der Waals surface area contributed by atoms with E-state index in [9.17, 15) is 14.4 Å². The van der Waals surface area contributed by atoms with Crippen molar-refractivity contribution in [1.29, 1.82) is 0 Å². The molecule has 1 aromatic carbocycles. The van der Waals surface area contributed by atoms with Crippen molar-refractivity contribution in [1.82, 2.24) is 24.9 Å². The molecule has 0 bridgehead atoms. The Bertz CT molecular complexity index is 1140. The van der Waals surface area contributed by atoms with Crippen LogP contribution in [0.1, 0.15) is 26.3 Å². The van der Waals surface area contributed by atoms with Gasteiger partial charge in [0.2, 0.25) is 5.91 Å². The molecule has 9 heteroatoms. The number of benzene rings is 1. The zero-order valence-corrected chi connectivity index (χ0v) is 17.5. The quantitative estimate of drug-likeness (QED) is 0.524. The number of hydrogen-bond donors (Lipinski definition) is 1. The molecule has 2 heterocycles. The van der Waals surface area contributed by atoms with Crippen LogP contribution in [-0.2, 0) is 11.3 Å². The van der Waals surface area contributed by atoms with Crippen molar-refractivity contribution in [2.24, 2.45) is 0 Å². The summed E-state index contributed by atoms with van der Waals surface area (Å²) in [5.74, 6) is 0.423. The molecule has 1 amide bonds. The molecule has 0 fully saturated rings. The first kappa shape index (κ1) is 21.9. The van der Waals surface area contributed by atoms with E-state index in [1.54, 1.807) is 19.1 Å². The number of hydrogen-bond acceptors (Lipinski definition) is 6. The molecule has 3 aromatic rings. The molecule has 0 aliphatic rings. The molecule has 1 unspecified atom stereocenters. The van der Waals surface area contributed by atoms with Crippen LogP contribution in [-0.4, -0.2) is 38.6 Å². The van der Waals surface area contributed by atoms with E-state index in [1.165, 1.54) is 27.7 Å². The van der Waals surface area contributed by atoms with Gasteiger partial charge in [0.15, 0.2) is 0 Å². The fraction of sp³-hybridized carbons (Fsp3) is 0.318. The van der Waals surface area contributed by atoms with E-state index in [0.717, 1.165) is 11.3 Å². The van der Waals surface area contributed by atoms with Crippen molar-refractivity contribution in [3.63, 3.8) is 0 Å². The van der Waals surface area contributed by atoms with E-state index >= 15 is 0 Å². The predicted molar refractivity (Wildman–Crippen MR) is 116 cm³/mol. The van der Waals surface area contributed by atoms with E-state index in [4.69, 9.17) is 4.74 Å². The highest BCUT2D eigenvalue weighted by molar-refractivity contribution is 5.79. The molecule has 1 N–H and O–H groups in total. The normalized spacial score (nSPS) is 11.7. The lowest BCUT2D eigenvalue weighted by Gasteiger charge is -2.15. The molecule has 0 radical (unpaired) electrons. The Morgan fingerprint density at radius 1 is 1.10 bits per heavy atom. The van der Waals surface area contributed by atoms with Gasteiger partial charge < -0.3 is 10.1 Å². The molecule has 162 valence electrons. The number of aromatic nitrogens is 4. The van der Waals surface area contributed by atoms with Gasteiger partial charge in [-0.1, -0.05) is 0 Å². The van der Waals surface area contributed by atoms with Gasteiger partial charge in [-0.2, -0.15) is 10.2 Å². The number of rotatable bonds is 9. The first-order valence-corrected chi connectivity index (χ1v) is 10.1. The van der Waals surface area contributed by atoms with Gasteiger partial charge in [0.25, 0.3) is 11.1 Å². The van der Waals surface area contributed by atoms with Crippen LogP contribution >= 0.6 is 0 Å². The molecule has 0 saturated carbocycles. The number of amides is 1.